The first-order chi connectivity index (χ1) is 7.24. The van der Waals surface area contributed by atoms with Gasteiger partial charge in [0, 0.05) is 5.39 Å². The molecule has 0 aliphatic carbocycles. The van der Waals surface area contributed by atoms with Crippen molar-refractivity contribution < 1.29 is 4.74 Å². The summed E-state index contributed by atoms with van der Waals surface area (Å²) < 4.78 is 5.02. The third kappa shape index (κ3) is 1.55. The molecule has 4 nitrogen and oxygen atoms in total. The molecule has 0 fully saturated rings. The molecule has 0 saturated carbocycles. The van der Waals surface area contributed by atoms with E-state index < -0.39 is 0 Å². The van der Waals surface area contributed by atoms with Gasteiger partial charge < -0.3 is 9.72 Å². The second kappa shape index (κ2) is 3.46. The van der Waals surface area contributed by atoms with E-state index in [0.717, 1.165) is 5.39 Å². The topological polar surface area (TPSA) is 55.0 Å². The molecule has 0 spiro atoms. The number of terminal acetylenes is 1. The van der Waals surface area contributed by atoms with Gasteiger partial charge >= 0.3 is 0 Å². The van der Waals surface area contributed by atoms with Gasteiger partial charge in [-0.05, 0) is 12.1 Å². The van der Waals surface area contributed by atoms with Gasteiger partial charge in [0.05, 0.1) is 18.9 Å². The minimum absolute atomic E-state index is 0.289. The lowest BCUT2D eigenvalue weighted by Gasteiger charge is -2.01. The van der Waals surface area contributed by atoms with Crippen LogP contribution in [-0.4, -0.2) is 17.1 Å². The van der Waals surface area contributed by atoms with Crippen molar-refractivity contribution in [3.63, 3.8) is 0 Å². The number of hydrogen-bond donors (Lipinski definition) is 1. The van der Waals surface area contributed by atoms with E-state index in [-0.39, 0.29) is 11.1 Å². The quantitative estimate of drug-likeness (QED) is 0.696. The molecule has 1 N–H and O–H groups in total. The van der Waals surface area contributed by atoms with Crippen molar-refractivity contribution in [2.24, 2.45) is 0 Å². The first kappa shape index (κ1) is 9.28. The van der Waals surface area contributed by atoms with Crippen molar-refractivity contribution >= 4 is 11.0 Å². The van der Waals surface area contributed by atoms with E-state index in [2.05, 4.69) is 15.9 Å². The number of fused-ring (bicyclic) bond motifs is 1. The zero-order valence-electron chi connectivity index (χ0n) is 8.07. The summed E-state index contributed by atoms with van der Waals surface area (Å²) in [6, 6.07) is 3.38. The van der Waals surface area contributed by atoms with Crippen LogP contribution in [0.25, 0.3) is 11.0 Å². The van der Waals surface area contributed by atoms with Crippen LogP contribution in [-0.2, 0) is 0 Å². The molecule has 0 saturated heterocycles. The van der Waals surface area contributed by atoms with Crippen molar-refractivity contribution in [2.45, 2.75) is 0 Å². The third-order valence-corrected chi connectivity index (χ3v) is 2.06. The molecule has 0 bridgehead atoms. The monoisotopic (exact) mass is 200 g/mol. The first-order valence-corrected chi connectivity index (χ1v) is 4.28. The van der Waals surface area contributed by atoms with E-state index in [1.165, 1.54) is 6.20 Å². The van der Waals surface area contributed by atoms with Crippen molar-refractivity contribution in [3.05, 3.63) is 34.2 Å². The lowest BCUT2D eigenvalue weighted by molar-refractivity contribution is 0.413. The number of rotatable bonds is 1. The fourth-order valence-electron chi connectivity index (χ4n) is 1.29. The number of aromatic nitrogens is 2. The molecular formula is C11H8N2O2. The highest BCUT2D eigenvalue weighted by molar-refractivity contribution is 5.77. The molecule has 2 aromatic heterocycles. The fourth-order valence-corrected chi connectivity index (χ4v) is 1.29. The Morgan fingerprint density at radius 2 is 2.33 bits per heavy atom. The van der Waals surface area contributed by atoms with Crippen LogP contribution in [0, 0.1) is 12.3 Å². The smallest absolute Gasteiger partial charge is 0.265 e. The molecule has 0 aliphatic rings. The van der Waals surface area contributed by atoms with Gasteiger partial charge in [-0.1, -0.05) is 5.92 Å². The first-order valence-electron chi connectivity index (χ1n) is 4.28. The van der Waals surface area contributed by atoms with E-state index in [4.69, 9.17) is 11.2 Å². The second-order valence-corrected chi connectivity index (χ2v) is 2.97. The highest BCUT2D eigenvalue weighted by Crippen LogP contribution is 2.15. The SMILES string of the molecule is C#Cc1cc2cc(OC)cnc2[nH]c1=O. The number of ether oxygens (including phenoxy) is 1. The second-order valence-electron chi connectivity index (χ2n) is 2.97. The van der Waals surface area contributed by atoms with Crippen molar-refractivity contribution in [3.8, 4) is 18.1 Å². The molecule has 15 heavy (non-hydrogen) atoms. The third-order valence-electron chi connectivity index (χ3n) is 2.06. The Labute approximate surface area is 85.9 Å². The van der Waals surface area contributed by atoms with Gasteiger partial charge in [-0.2, -0.15) is 0 Å². The van der Waals surface area contributed by atoms with Crippen molar-refractivity contribution in [1.82, 2.24) is 9.97 Å². The summed E-state index contributed by atoms with van der Waals surface area (Å²) in [6.45, 7) is 0. The van der Waals surface area contributed by atoms with Crippen LogP contribution in [0.15, 0.2) is 23.1 Å². The predicted octanol–water partition coefficient (Wildman–Crippen LogP) is 0.913. The number of pyridine rings is 2. The lowest BCUT2D eigenvalue weighted by atomic mass is 10.2. The van der Waals surface area contributed by atoms with Gasteiger partial charge in [-0.25, -0.2) is 4.98 Å². The number of hydrogen-bond acceptors (Lipinski definition) is 3. The number of aromatic amines is 1. The molecule has 0 amide bonds. The molecule has 0 aromatic carbocycles. The summed E-state index contributed by atoms with van der Waals surface area (Å²) in [5.41, 5.74) is 0.486. The summed E-state index contributed by atoms with van der Waals surface area (Å²) in [5.74, 6) is 2.94. The number of methoxy groups -OCH3 is 1. The van der Waals surface area contributed by atoms with E-state index in [1.807, 2.05) is 0 Å². The summed E-state index contributed by atoms with van der Waals surface area (Å²) >= 11 is 0. The largest absolute Gasteiger partial charge is 0.495 e. The molecule has 2 heterocycles. The Bertz CT molecular complexity index is 608. The molecule has 0 radical (unpaired) electrons. The Balaban J connectivity index is 2.78. The molecular weight excluding hydrogens is 192 g/mol. The minimum Gasteiger partial charge on any atom is -0.495 e. The van der Waals surface area contributed by atoms with Crippen LogP contribution in [0.4, 0.5) is 0 Å². The Morgan fingerprint density at radius 1 is 1.53 bits per heavy atom. The van der Waals surface area contributed by atoms with Gasteiger partial charge in [-0.3, -0.25) is 4.79 Å². The van der Waals surface area contributed by atoms with Crippen LogP contribution in [0.3, 0.4) is 0 Å². The number of nitrogens with zero attached hydrogens (tertiary/aromatic N) is 1. The van der Waals surface area contributed by atoms with Crippen LogP contribution < -0.4 is 10.3 Å². The van der Waals surface area contributed by atoms with Crippen LogP contribution in [0.1, 0.15) is 5.56 Å². The zero-order chi connectivity index (χ0) is 10.8. The summed E-state index contributed by atoms with van der Waals surface area (Å²) in [6.07, 6.45) is 6.73. The van der Waals surface area contributed by atoms with Crippen molar-refractivity contribution in [2.75, 3.05) is 7.11 Å². The standard InChI is InChI=1S/C11H8N2O2/c1-3-7-4-8-5-9(15-2)6-12-10(8)13-11(7)14/h1,4-6H,2H3,(H,12,13,14). The van der Waals surface area contributed by atoms with Gasteiger partial charge in [0.15, 0.2) is 0 Å². The number of nitrogens with one attached hydrogen (secondary N) is 1. The maximum Gasteiger partial charge on any atom is 0.265 e. The maximum atomic E-state index is 11.3. The minimum atomic E-state index is -0.303. The van der Waals surface area contributed by atoms with Crippen LogP contribution in [0.2, 0.25) is 0 Å². The van der Waals surface area contributed by atoms with Gasteiger partial charge in [0.25, 0.3) is 5.56 Å². The van der Waals surface area contributed by atoms with E-state index in [1.54, 1.807) is 19.2 Å². The molecule has 0 atom stereocenters. The molecule has 2 rings (SSSR count). The average Bonchev–Trinajstić information content (AvgIpc) is 2.27. The highest BCUT2D eigenvalue weighted by atomic mass is 16.5. The Morgan fingerprint density at radius 3 is 3.00 bits per heavy atom. The zero-order valence-corrected chi connectivity index (χ0v) is 8.07. The van der Waals surface area contributed by atoms with E-state index in [9.17, 15) is 4.79 Å². The summed E-state index contributed by atoms with van der Waals surface area (Å²) in [7, 11) is 1.55. The Kier molecular flexibility index (Phi) is 2.14. The van der Waals surface area contributed by atoms with Gasteiger partial charge in [0.1, 0.15) is 11.4 Å². The fraction of sp³-hybridized carbons (Fsp3) is 0.0909. The molecule has 0 aliphatic heterocycles. The summed E-state index contributed by atoms with van der Waals surface area (Å²) in [4.78, 5) is 18.0. The van der Waals surface area contributed by atoms with E-state index >= 15 is 0 Å². The van der Waals surface area contributed by atoms with Crippen molar-refractivity contribution in [1.29, 1.82) is 0 Å². The van der Waals surface area contributed by atoms with Gasteiger partial charge in [0.2, 0.25) is 0 Å². The average molecular weight is 200 g/mol. The number of H-pyrrole nitrogens is 1. The normalized spacial score (nSPS) is 9.87. The van der Waals surface area contributed by atoms with Crippen LogP contribution >= 0.6 is 0 Å². The highest BCUT2D eigenvalue weighted by Gasteiger charge is 2.02. The maximum absolute atomic E-state index is 11.3. The van der Waals surface area contributed by atoms with Gasteiger partial charge in [-0.15, -0.1) is 6.42 Å². The molecule has 0 unspecified atom stereocenters. The Hall–Kier alpha value is -2.28. The van der Waals surface area contributed by atoms with E-state index in [0.29, 0.717) is 11.4 Å². The molecule has 74 valence electrons. The molecule has 4 heteroatoms. The summed E-state index contributed by atoms with van der Waals surface area (Å²) in [5, 5.41) is 0.752. The lowest BCUT2D eigenvalue weighted by Crippen LogP contribution is -2.10. The predicted molar refractivity (Wildman–Crippen MR) is 56.9 cm³/mol. The molecule has 2 aromatic rings. The van der Waals surface area contributed by atoms with Crippen LogP contribution in [0.5, 0.6) is 5.75 Å².